The molecule has 0 aromatic heterocycles. The molecule has 0 amide bonds. The van der Waals surface area contributed by atoms with E-state index in [4.69, 9.17) is 4.74 Å². The minimum Gasteiger partial charge on any atom is -0.490 e. The highest BCUT2D eigenvalue weighted by Crippen LogP contribution is 2.32. The Kier molecular flexibility index (Phi) is 4.67. The van der Waals surface area contributed by atoms with E-state index in [0.29, 0.717) is 11.7 Å². The lowest BCUT2D eigenvalue weighted by Crippen LogP contribution is -2.28. The van der Waals surface area contributed by atoms with Crippen LogP contribution in [0.15, 0.2) is 22.7 Å². The fourth-order valence-electron chi connectivity index (χ4n) is 2.65. The highest BCUT2D eigenvalue weighted by molar-refractivity contribution is 9.10. The molecule has 2 rings (SSSR count). The molecule has 1 aliphatic carbocycles. The number of carbonyl (C=O) groups excluding carboxylic acids is 1. The molecule has 2 nitrogen and oxygen atoms in total. The molecular formula is C16H21BrO2. The van der Waals surface area contributed by atoms with Crippen molar-refractivity contribution in [3.8, 4) is 5.75 Å². The molecule has 0 N–H and O–H groups in total. The van der Waals surface area contributed by atoms with E-state index in [1.807, 2.05) is 18.2 Å². The van der Waals surface area contributed by atoms with Crippen molar-refractivity contribution in [2.45, 2.75) is 46.1 Å². The zero-order chi connectivity index (χ0) is 14.0. The number of ether oxygens (including phenoxy) is 1. The van der Waals surface area contributed by atoms with Gasteiger partial charge in [0, 0.05) is 10.0 Å². The zero-order valence-corrected chi connectivity index (χ0v) is 13.4. The molecule has 0 saturated heterocycles. The third-order valence-corrected chi connectivity index (χ3v) is 4.83. The van der Waals surface area contributed by atoms with Gasteiger partial charge in [-0.15, -0.1) is 0 Å². The Labute approximate surface area is 123 Å². The second-order valence-corrected chi connectivity index (χ2v) is 6.56. The van der Waals surface area contributed by atoms with E-state index >= 15 is 0 Å². The summed E-state index contributed by atoms with van der Waals surface area (Å²) < 4.78 is 6.86. The van der Waals surface area contributed by atoms with Crippen LogP contribution in [0.1, 0.15) is 50.4 Å². The van der Waals surface area contributed by atoms with Gasteiger partial charge in [0.2, 0.25) is 0 Å². The normalized spacial score (nSPS) is 27.1. The van der Waals surface area contributed by atoms with E-state index in [1.165, 1.54) is 6.42 Å². The van der Waals surface area contributed by atoms with Crippen molar-refractivity contribution in [3.05, 3.63) is 28.2 Å². The van der Waals surface area contributed by atoms with Gasteiger partial charge in [-0.2, -0.15) is 0 Å². The number of halogens is 1. The summed E-state index contributed by atoms with van der Waals surface area (Å²) in [4.78, 5) is 11.4. The molecule has 0 aliphatic heterocycles. The standard InChI is InChI=1S/C16H21BrO2/c1-10-4-5-13(8-11(10)2)19-14-6-7-15(12(3)18)16(17)9-14/h6-7,9-11,13H,4-5,8H2,1-3H3. The molecule has 1 aliphatic rings. The molecule has 104 valence electrons. The van der Waals surface area contributed by atoms with E-state index < -0.39 is 0 Å². The largest absolute Gasteiger partial charge is 0.490 e. The average Bonchev–Trinajstić information content (AvgIpc) is 2.33. The van der Waals surface area contributed by atoms with Gasteiger partial charge in [-0.25, -0.2) is 0 Å². The highest BCUT2D eigenvalue weighted by Gasteiger charge is 2.25. The minimum absolute atomic E-state index is 0.0681. The van der Waals surface area contributed by atoms with Crippen LogP contribution in [0.5, 0.6) is 5.75 Å². The van der Waals surface area contributed by atoms with Gasteiger partial charge < -0.3 is 4.74 Å². The van der Waals surface area contributed by atoms with Crippen LogP contribution in [0.4, 0.5) is 0 Å². The summed E-state index contributed by atoms with van der Waals surface area (Å²) in [5.74, 6) is 2.44. The third kappa shape index (κ3) is 3.59. The van der Waals surface area contributed by atoms with Crippen molar-refractivity contribution < 1.29 is 9.53 Å². The fraction of sp³-hybridized carbons (Fsp3) is 0.562. The second-order valence-electron chi connectivity index (χ2n) is 5.71. The lowest BCUT2D eigenvalue weighted by molar-refractivity contribution is 0.100. The molecule has 0 spiro atoms. The first kappa shape index (κ1) is 14.6. The molecule has 3 heteroatoms. The van der Waals surface area contributed by atoms with Gasteiger partial charge >= 0.3 is 0 Å². The van der Waals surface area contributed by atoms with Crippen molar-refractivity contribution in [2.24, 2.45) is 11.8 Å². The Bertz CT molecular complexity index is 470. The number of hydrogen-bond acceptors (Lipinski definition) is 2. The van der Waals surface area contributed by atoms with Crippen LogP contribution in [-0.2, 0) is 0 Å². The van der Waals surface area contributed by atoms with Gasteiger partial charge in [0.1, 0.15) is 5.75 Å². The summed E-state index contributed by atoms with van der Waals surface area (Å²) in [6.07, 6.45) is 3.78. The van der Waals surface area contributed by atoms with Gasteiger partial charge in [-0.05, 0) is 72.2 Å². The molecule has 1 saturated carbocycles. The van der Waals surface area contributed by atoms with Crippen molar-refractivity contribution in [3.63, 3.8) is 0 Å². The van der Waals surface area contributed by atoms with Gasteiger partial charge in [0.05, 0.1) is 6.10 Å². The predicted octanol–water partition coefficient (Wildman–Crippen LogP) is 4.86. The van der Waals surface area contributed by atoms with E-state index in [9.17, 15) is 4.79 Å². The average molecular weight is 325 g/mol. The number of rotatable bonds is 3. The van der Waals surface area contributed by atoms with Crippen LogP contribution in [0.25, 0.3) is 0 Å². The number of Topliss-reactive ketones (excluding diaryl/α,β-unsaturated/α-hetero) is 1. The maximum Gasteiger partial charge on any atom is 0.160 e. The Morgan fingerprint density at radius 1 is 1.26 bits per heavy atom. The first-order valence-corrected chi connectivity index (χ1v) is 7.73. The van der Waals surface area contributed by atoms with Gasteiger partial charge in [0.15, 0.2) is 5.78 Å². The first-order chi connectivity index (χ1) is 8.97. The van der Waals surface area contributed by atoms with Crippen LogP contribution in [-0.4, -0.2) is 11.9 Å². The minimum atomic E-state index is 0.0681. The molecule has 1 fully saturated rings. The fourth-order valence-corrected chi connectivity index (χ4v) is 3.29. The quantitative estimate of drug-likeness (QED) is 0.742. The summed E-state index contributed by atoms with van der Waals surface area (Å²) in [5, 5.41) is 0. The van der Waals surface area contributed by atoms with Crippen LogP contribution >= 0.6 is 15.9 Å². The topological polar surface area (TPSA) is 26.3 Å². The van der Waals surface area contributed by atoms with Gasteiger partial charge in [-0.3, -0.25) is 4.79 Å². The van der Waals surface area contributed by atoms with Crippen LogP contribution < -0.4 is 4.74 Å². The molecule has 19 heavy (non-hydrogen) atoms. The molecule has 1 aromatic rings. The van der Waals surface area contributed by atoms with E-state index in [-0.39, 0.29) is 5.78 Å². The second kappa shape index (κ2) is 6.08. The maximum absolute atomic E-state index is 11.4. The molecule has 3 unspecified atom stereocenters. The molecule has 0 heterocycles. The summed E-state index contributed by atoms with van der Waals surface area (Å²) in [7, 11) is 0. The summed E-state index contributed by atoms with van der Waals surface area (Å²) in [5.41, 5.74) is 0.706. The predicted molar refractivity (Wildman–Crippen MR) is 80.7 cm³/mol. The monoisotopic (exact) mass is 324 g/mol. The van der Waals surface area contributed by atoms with Crippen LogP contribution in [0.3, 0.4) is 0 Å². The number of benzene rings is 1. The Morgan fingerprint density at radius 3 is 2.58 bits per heavy atom. The smallest absolute Gasteiger partial charge is 0.160 e. The zero-order valence-electron chi connectivity index (χ0n) is 11.8. The van der Waals surface area contributed by atoms with Gasteiger partial charge in [-0.1, -0.05) is 13.8 Å². The molecule has 1 aromatic carbocycles. The number of ketones is 1. The lowest BCUT2D eigenvalue weighted by Gasteiger charge is -2.32. The van der Waals surface area contributed by atoms with Crippen molar-refractivity contribution in [2.75, 3.05) is 0 Å². The van der Waals surface area contributed by atoms with E-state index in [2.05, 4.69) is 29.8 Å². The SMILES string of the molecule is CC(=O)c1ccc(OC2CCC(C)C(C)C2)cc1Br. The highest BCUT2D eigenvalue weighted by atomic mass is 79.9. The van der Waals surface area contributed by atoms with Crippen LogP contribution in [0, 0.1) is 11.8 Å². The number of carbonyl (C=O) groups is 1. The van der Waals surface area contributed by atoms with E-state index in [0.717, 1.165) is 34.9 Å². The molecule has 0 bridgehead atoms. The number of hydrogen-bond donors (Lipinski definition) is 0. The maximum atomic E-state index is 11.4. The third-order valence-electron chi connectivity index (χ3n) is 4.17. The van der Waals surface area contributed by atoms with Crippen molar-refractivity contribution in [1.29, 1.82) is 0 Å². The van der Waals surface area contributed by atoms with Crippen LogP contribution in [0.2, 0.25) is 0 Å². The first-order valence-electron chi connectivity index (χ1n) is 6.94. The molecule has 3 atom stereocenters. The Morgan fingerprint density at radius 2 is 2.00 bits per heavy atom. The summed E-state index contributed by atoms with van der Waals surface area (Å²) >= 11 is 3.43. The van der Waals surface area contributed by atoms with Crippen molar-refractivity contribution >= 4 is 21.7 Å². The summed E-state index contributed by atoms with van der Waals surface area (Å²) in [6, 6.07) is 5.63. The lowest BCUT2D eigenvalue weighted by atomic mass is 9.80. The molecular weight excluding hydrogens is 304 g/mol. The summed E-state index contributed by atoms with van der Waals surface area (Å²) in [6.45, 7) is 6.19. The Balaban J connectivity index is 2.04. The van der Waals surface area contributed by atoms with Gasteiger partial charge in [0.25, 0.3) is 0 Å². The molecule has 0 radical (unpaired) electrons. The van der Waals surface area contributed by atoms with Crippen molar-refractivity contribution in [1.82, 2.24) is 0 Å². The van der Waals surface area contributed by atoms with E-state index in [1.54, 1.807) is 6.92 Å². The Hall–Kier alpha value is -0.830.